The topological polar surface area (TPSA) is 49.4 Å². The van der Waals surface area contributed by atoms with Crippen molar-refractivity contribution in [1.82, 2.24) is 10.2 Å². The Balaban J connectivity index is 2.94. The molecule has 2 unspecified atom stereocenters. The summed E-state index contributed by atoms with van der Waals surface area (Å²) in [5.74, 6) is 1.48. The minimum Gasteiger partial charge on any atom is -0.342 e. The molecule has 0 aromatic heterocycles. The Hall–Kier alpha value is -0.710. The molecule has 1 fully saturated rings. The Morgan fingerprint density at radius 2 is 1.90 bits per heavy atom. The van der Waals surface area contributed by atoms with Gasteiger partial charge in [0.2, 0.25) is 11.8 Å². The van der Waals surface area contributed by atoms with Gasteiger partial charge in [-0.1, -0.05) is 34.6 Å². The van der Waals surface area contributed by atoms with Crippen molar-refractivity contribution in [1.29, 1.82) is 0 Å². The number of carbonyl (C=O) groups is 2. The van der Waals surface area contributed by atoms with E-state index in [9.17, 15) is 9.59 Å². The predicted octanol–water partition coefficient (Wildman–Crippen LogP) is 2.53. The number of nitrogens with one attached hydrogen (secondary N) is 1. The summed E-state index contributed by atoms with van der Waals surface area (Å²) in [7, 11) is 0. The van der Waals surface area contributed by atoms with E-state index in [1.54, 1.807) is 11.8 Å². The summed E-state index contributed by atoms with van der Waals surface area (Å²) in [6, 6.07) is -0.722. The molecule has 1 saturated heterocycles. The zero-order valence-corrected chi connectivity index (χ0v) is 15.0. The highest BCUT2D eigenvalue weighted by Gasteiger charge is 2.45. The van der Waals surface area contributed by atoms with Crippen molar-refractivity contribution in [2.75, 3.05) is 18.6 Å². The zero-order valence-electron chi connectivity index (χ0n) is 14.2. The molecule has 0 bridgehead atoms. The van der Waals surface area contributed by atoms with Crippen LogP contribution in [0.2, 0.25) is 0 Å². The summed E-state index contributed by atoms with van der Waals surface area (Å²) in [6.07, 6.45) is 3.70. The highest BCUT2D eigenvalue weighted by atomic mass is 32.2. The lowest BCUT2D eigenvalue weighted by molar-refractivity contribution is -0.154. The van der Waals surface area contributed by atoms with Gasteiger partial charge in [0, 0.05) is 6.54 Å². The molecule has 0 aromatic rings. The predicted molar refractivity (Wildman–Crippen MR) is 89.3 cm³/mol. The minimum atomic E-state index is -0.365. The van der Waals surface area contributed by atoms with Gasteiger partial charge in [-0.3, -0.25) is 9.59 Å². The van der Waals surface area contributed by atoms with Gasteiger partial charge >= 0.3 is 0 Å². The van der Waals surface area contributed by atoms with Crippen molar-refractivity contribution in [2.24, 2.45) is 11.3 Å². The van der Waals surface area contributed by atoms with Gasteiger partial charge in [0.1, 0.15) is 12.1 Å². The summed E-state index contributed by atoms with van der Waals surface area (Å²) < 4.78 is 0. The van der Waals surface area contributed by atoms with Crippen LogP contribution < -0.4 is 5.32 Å². The van der Waals surface area contributed by atoms with E-state index >= 15 is 0 Å². The lowest BCUT2D eigenvalue weighted by Crippen LogP contribution is -2.67. The molecule has 0 spiro atoms. The largest absolute Gasteiger partial charge is 0.342 e. The minimum absolute atomic E-state index is 0.00287. The van der Waals surface area contributed by atoms with Gasteiger partial charge in [-0.15, -0.1) is 0 Å². The third-order valence-electron chi connectivity index (χ3n) is 3.73. The van der Waals surface area contributed by atoms with Gasteiger partial charge < -0.3 is 10.2 Å². The van der Waals surface area contributed by atoms with Gasteiger partial charge in [-0.2, -0.15) is 11.8 Å². The fourth-order valence-corrected chi connectivity index (χ4v) is 3.31. The molecule has 122 valence electrons. The molecule has 21 heavy (non-hydrogen) atoms. The fourth-order valence-electron chi connectivity index (χ4n) is 2.89. The summed E-state index contributed by atoms with van der Waals surface area (Å²) in [4.78, 5) is 27.1. The number of piperazine rings is 1. The van der Waals surface area contributed by atoms with Crippen molar-refractivity contribution in [2.45, 2.75) is 59.5 Å². The normalized spacial score (nSPS) is 23.7. The van der Waals surface area contributed by atoms with Crippen LogP contribution in [0, 0.1) is 11.3 Å². The molecule has 2 atom stereocenters. The number of rotatable bonds is 6. The molecule has 1 heterocycles. The first-order valence-corrected chi connectivity index (χ1v) is 9.17. The van der Waals surface area contributed by atoms with Crippen LogP contribution in [0.4, 0.5) is 0 Å². The summed E-state index contributed by atoms with van der Waals surface area (Å²) in [6.45, 7) is 10.9. The highest BCUT2D eigenvalue weighted by molar-refractivity contribution is 7.98. The van der Waals surface area contributed by atoms with E-state index in [0.29, 0.717) is 18.9 Å². The van der Waals surface area contributed by atoms with Crippen LogP contribution in [-0.4, -0.2) is 47.4 Å². The van der Waals surface area contributed by atoms with Crippen LogP contribution in [0.1, 0.15) is 47.5 Å². The molecule has 4 nitrogen and oxygen atoms in total. The Bertz CT molecular complexity index is 377. The van der Waals surface area contributed by atoms with Crippen molar-refractivity contribution in [3.8, 4) is 0 Å². The molecule has 1 aliphatic rings. The number of carbonyl (C=O) groups excluding carboxylic acids is 2. The molecular formula is C16H30N2O2S. The second-order valence-electron chi connectivity index (χ2n) is 7.34. The first-order chi connectivity index (χ1) is 9.68. The molecule has 2 amide bonds. The third-order valence-corrected chi connectivity index (χ3v) is 4.43. The van der Waals surface area contributed by atoms with E-state index in [1.807, 2.05) is 25.7 Å². The van der Waals surface area contributed by atoms with Crippen molar-refractivity contribution in [3.63, 3.8) is 0 Å². The average molecular weight is 314 g/mol. The summed E-state index contributed by atoms with van der Waals surface area (Å²) in [5, 5.41) is 2.94. The molecule has 1 aliphatic heterocycles. The molecule has 0 aliphatic carbocycles. The Morgan fingerprint density at radius 1 is 1.29 bits per heavy atom. The van der Waals surface area contributed by atoms with Crippen LogP contribution in [0.5, 0.6) is 0 Å². The van der Waals surface area contributed by atoms with Crippen molar-refractivity contribution < 1.29 is 9.59 Å². The maximum absolute atomic E-state index is 12.8. The number of hydrogen-bond donors (Lipinski definition) is 1. The number of nitrogens with zero attached hydrogens (tertiary/aromatic N) is 1. The zero-order chi connectivity index (χ0) is 16.2. The second kappa shape index (κ2) is 7.52. The van der Waals surface area contributed by atoms with Crippen molar-refractivity contribution in [3.05, 3.63) is 0 Å². The van der Waals surface area contributed by atoms with Crippen LogP contribution in [0.3, 0.4) is 0 Å². The monoisotopic (exact) mass is 314 g/mol. The van der Waals surface area contributed by atoms with Gasteiger partial charge in [0.25, 0.3) is 0 Å². The lowest BCUT2D eigenvalue weighted by Gasteiger charge is -2.45. The maximum Gasteiger partial charge on any atom is 0.245 e. The second-order valence-corrected chi connectivity index (χ2v) is 8.32. The first-order valence-electron chi connectivity index (χ1n) is 7.78. The average Bonchev–Trinajstić information content (AvgIpc) is 2.32. The molecule has 0 aromatic carbocycles. The summed E-state index contributed by atoms with van der Waals surface area (Å²) >= 11 is 1.77. The van der Waals surface area contributed by atoms with E-state index in [2.05, 4.69) is 25.4 Å². The van der Waals surface area contributed by atoms with Crippen LogP contribution in [0.25, 0.3) is 0 Å². The van der Waals surface area contributed by atoms with E-state index < -0.39 is 0 Å². The van der Waals surface area contributed by atoms with Gasteiger partial charge in [0.15, 0.2) is 0 Å². The Labute approximate surface area is 133 Å². The molecule has 0 saturated carbocycles. The Kier molecular flexibility index (Phi) is 6.57. The van der Waals surface area contributed by atoms with Crippen LogP contribution in [0.15, 0.2) is 0 Å². The number of amides is 2. The smallest absolute Gasteiger partial charge is 0.245 e. The van der Waals surface area contributed by atoms with E-state index in [-0.39, 0.29) is 29.3 Å². The molecule has 1 N–H and O–H groups in total. The fraction of sp³-hybridized carbons (Fsp3) is 0.875. The lowest BCUT2D eigenvalue weighted by atomic mass is 9.82. The molecular weight excluding hydrogens is 284 g/mol. The van der Waals surface area contributed by atoms with Gasteiger partial charge in [-0.05, 0) is 36.2 Å². The van der Waals surface area contributed by atoms with Crippen LogP contribution in [-0.2, 0) is 9.59 Å². The van der Waals surface area contributed by atoms with Crippen LogP contribution >= 0.6 is 11.8 Å². The maximum atomic E-state index is 12.8. The third kappa shape index (κ3) is 4.90. The number of thioether (sulfide) groups is 1. The van der Waals surface area contributed by atoms with E-state index in [1.165, 1.54) is 0 Å². The van der Waals surface area contributed by atoms with Gasteiger partial charge in [-0.25, -0.2) is 0 Å². The van der Waals surface area contributed by atoms with Gasteiger partial charge in [0.05, 0.1) is 0 Å². The molecule has 1 rings (SSSR count). The van der Waals surface area contributed by atoms with Crippen molar-refractivity contribution >= 4 is 23.6 Å². The summed E-state index contributed by atoms with van der Waals surface area (Å²) in [5.41, 5.74) is -0.248. The van der Waals surface area contributed by atoms with E-state index in [0.717, 1.165) is 12.2 Å². The highest BCUT2D eigenvalue weighted by Crippen LogP contribution is 2.29. The first kappa shape index (κ1) is 18.3. The quantitative estimate of drug-likeness (QED) is 0.767. The number of hydrogen-bond acceptors (Lipinski definition) is 3. The molecule has 5 heteroatoms. The SMILES string of the molecule is CSCCCN1C(=O)C(CC(C)C)NC(=O)C1C(C)(C)C. The molecule has 0 radical (unpaired) electrons. The van der Waals surface area contributed by atoms with E-state index in [4.69, 9.17) is 0 Å². The standard InChI is InChI=1S/C16H30N2O2S/c1-11(2)10-12-15(20)18(8-7-9-21-6)13(14(19)17-12)16(3,4)5/h11-13H,7-10H2,1-6H3,(H,17,19). The Morgan fingerprint density at radius 3 is 2.38 bits per heavy atom.